The minimum absolute atomic E-state index is 0.0563. The van der Waals surface area contributed by atoms with Crippen LogP contribution in [0.5, 0.6) is 0 Å². The molecule has 1 amide bonds. The highest BCUT2D eigenvalue weighted by Gasteiger charge is 2.15. The lowest BCUT2D eigenvalue weighted by atomic mass is 10.1. The van der Waals surface area contributed by atoms with Gasteiger partial charge in [0, 0.05) is 12.2 Å². The molecule has 0 aliphatic carbocycles. The molecule has 0 saturated carbocycles. The van der Waals surface area contributed by atoms with Crippen LogP contribution < -0.4 is 5.32 Å². The van der Waals surface area contributed by atoms with Crippen molar-refractivity contribution in [2.75, 3.05) is 11.6 Å². The summed E-state index contributed by atoms with van der Waals surface area (Å²) in [5.41, 5.74) is 0.686. The van der Waals surface area contributed by atoms with E-state index in [-0.39, 0.29) is 16.7 Å². The highest BCUT2D eigenvalue weighted by Crippen LogP contribution is 2.28. The molecule has 21 heavy (non-hydrogen) atoms. The van der Waals surface area contributed by atoms with Crippen LogP contribution in [0.3, 0.4) is 0 Å². The molecule has 0 fully saturated rings. The van der Waals surface area contributed by atoms with Gasteiger partial charge in [-0.1, -0.05) is 31.6 Å². The Morgan fingerprint density at radius 1 is 1.43 bits per heavy atom. The van der Waals surface area contributed by atoms with E-state index >= 15 is 0 Å². The Labute approximate surface area is 128 Å². The summed E-state index contributed by atoms with van der Waals surface area (Å²) < 4.78 is 23.8. The molecule has 1 atom stereocenters. The third-order valence-corrected chi connectivity index (χ3v) is 5.23. The van der Waals surface area contributed by atoms with E-state index in [1.807, 2.05) is 13.8 Å². The van der Waals surface area contributed by atoms with Crippen molar-refractivity contribution in [2.24, 2.45) is 5.92 Å². The fraction of sp³-hybridized carbons (Fsp3) is 0.429. The molecule has 5 nitrogen and oxygen atoms in total. The van der Waals surface area contributed by atoms with Gasteiger partial charge in [0.2, 0.25) is 5.91 Å². The number of nitrogens with zero attached hydrogens (tertiary/aromatic N) is 1. The predicted octanol–water partition coefficient (Wildman–Crippen LogP) is 3.07. The number of thiazole rings is 1. The van der Waals surface area contributed by atoms with Gasteiger partial charge in [0.25, 0.3) is 0 Å². The topological polar surface area (TPSA) is 76.1 Å². The van der Waals surface area contributed by atoms with Crippen molar-refractivity contribution >= 4 is 42.4 Å². The first-order valence-electron chi connectivity index (χ1n) is 6.72. The Morgan fingerprint density at radius 3 is 2.76 bits per heavy atom. The minimum atomic E-state index is -3.24. The summed E-state index contributed by atoms with van der Waals surface area (Å²) in [6.45, 7) is 3.92. The molecule has 0 aliphatic heterocycles. The number of benzene rings is 1. The van der Waals surface area contributed by atoms with Crippen LogP contribution in [0.1, 0.15) is 26.7 Å². The average Bonchev–Trinajstić information content (AvgIpc) is 2.78. The quantitative estimate of drug-likeness (QED) is 0.916. The molecule has 2 rings (SSSR count). The number of hydrogen-bond acceptors (Lipinski definition) is 5. The maximum absolute atomic E-state index is 12.0. The lowest BCUT2D eigenvalue weighted by molar-refractivity contribution is -0.119. The van der Waals surface area contributed by atoms with Crippen molar-refractivity contribution in [1.29, 1.82) is 0 Å². The van der Waals surface area contributed by atoms with E-state index in [9.17, 15) is 13.2 Å². The maximum Gasteiger partial charge on any atom is 0.228 e. The Kier molecular flexibility index (Phi) is 4.63. The van der Waals surface area contributed by atoms with Crippen LogP contribution >= 0.6 is 11.3 Å². The highest BCUT2D eigenvalue weighted by molar-refractivity contribution is 7.90. The standard InChI is InChI=1S/C14H18N2O3S2/c1-4-5-9(2)13(17)16-14-15-11-7-6-10(21(3,18)19)8-12(11)20-14/h6-9H,4-5H2,1-3H3,(H,15,16,17). The van der Waals surface area contributed by atoms with Gasteiger partial charge >= 0.3 is 0 Å². The average molecular weight is 326 g/mol. The molecule has 0 spiro atoms. The monoisotopic (exact) mass is 326 g/mol. The van der Waals surface area contributed by atoms with Gasteiger partial charge in [-0.2, -0.15) is 0 Å². The number of carbonyl (C=O) groups excluding carboxylic acids is 1. The zero-order valence-corrected chi connectivity index (χ0v) is 13.8. The van der Waals surface area contributed by atoms with Crippen molar-refractivity contribution in [3.63, 3.8) is 0 Å². The van der Waals surface area contributed by atoms with Gasteiger partial charge in [0.05, 0.1) is 15.1 Å². The van der Waals surface area contributed by atoms with Crippen molar-refractivity contribution in [3.8, 4) is 0 Å². The van der Waals surface area contributed by atoms with Crippen molar-refractivity contribution in [3.05, 3.63) is 18.2 Å². The van der Waals surface area contributed by atoms with Crippen LogP contribution in [0.4, 0.5) is 5.13 Å². The third kappa shape index (κ3) is 3.79. The van der Waals surface area contributed by atoms with E-state index in [2.05, 4.69) is 10.3 Å². The molecule has 0 aliphatic rings. The zero-order chi connectivity index (χ0) is 15.6. The van der Waals surface area contributed by atoms with Crippen LogP contribution in [-0.2, 0) is 14.6 Å². The number of sulfone groups is 1. The molecular weight excluding hydrogens is 308 g/mol. The summed E-state index contributed by atoms with van der Waals surface area (Å²) in [5.74, 6) is -0.118. The Bertz CT molecular complexity index is 766. The Balaban J connectivity index is 2.25. The number of carbonyl (C=O) groups is 1. The molecule has 2 aromatic rings. The summed E-state index contributed by atoms with van der Waals surface area (Å²) in [6, 6.07) is 4.78. The van der Waals surface area contributed by atoms with Crippen LogP contribution in [0, 0.1) is 5.92 Å². The number of fused-ring (bicyclic) bond motifs is 1. The fourth-order valence-corrected chi connectivity index (χ4v) is 3.61. The summed E-state index contributed by atoms with van der Waals surface area (Å²) in [7, 11) is -3.24. The van der Waals surface area contributed by atoms with E-state index in [0.717, 1.165) is 17.5 Å². The van der Waals surface area contributed by atoms with E-state index < -0.39 is 9.84 Å². The number of aromatic nitrogens is 1. The lowest BCUT2D eigenvalue weighted by Gasteiger charge is -2.08. The molecule has 0 radical (unpaired) electrons. The van der Waals surface area contributed by atoms with Gasteiger partial charge in [-0.05, 0) is 24.6 Å². The molecule has 7 heteroatoms. The molecule has 114 valence electrons. The second-order valence-corrected chi connectivity index (χ2v) is 8.15. The van der Waals surface area contributed by atoms with E-state index in [4.69, 9.17) is 0 Å². The maximum atomic E-state index is 12.0. The molecule has 1 N–H and O–H groups in total. The van der Waals surface area contributed by atoms with E-state index in [1.54, 1.807) is 12.1 Å². The molecular formula is C14H18N2O3S2. The summed E-state index contributed by atoms with van der Waals surface area (Å²) in [4.78, 5) is 16.5. The van der Waals surface area contributed by atoms with Gasteiger partial charge < -0.3 is 5.32 Å². The van der Waals surface area contributed by atoms with Crippen molar-refractivity contribution < 1.29 is 13.2 Å². The Hall–Kier alpha value is -1.47. The van der Waals surface area contributed by atoms with Crippen LogP contribution in [-0.4, -0.2) is 25.6 Å². The molecule has 0 saturated heterocycles. The van der Waals surface area contributed by atoms with Gasteiger partial charge in [0.1, 0.15) is 0 Å². The van der Waals surface area contributed by atoms with E-state index in [0.29, 0.717) is 10.6 Å². The number of amides is 1. The van der Waals surface area contributed by atoms with Gasteiger partial charge in [-0.15, -0.1) is 0 Å². The number of nitrogens with one attached hydrogen (secondary N) is 1. The SMILES string of the molecule is CCCC(C)C(=O)Nc1nc2ccc(S(C)(=O)=O)cc2s1. The third-order valence-electron chi connectivity index (χ3n) is 3.19. The van der Waals surface area contributed by atoms with Crippen molar-refractivity contribution in [2.45, 2.75) is 31.6 Å². The lowest BCUT2D eigenvalue weighted by Crippen LogP contribution is -2.19. The fourth-order valence-electron chi connectivity index (χ4n) is 1.98. The van der Waals surface area contributed by atoms with E-state index in [1.165, 1.54) is 23.7 Å². The molecule has 1 aromatic heterocycles. The molecule has 0 bridgehead atoms. The number of rotatable bonds is 5. The minimum Gasteiger partial charge on any atom is -0.302 e. The van der Waals surface area contributed by atoms with Crippen molar-refractivity contribution in [1.82, 2.24) is 4.98 Å². The first-order chi connectivity index (χ1) is 9.81. The first kappa shape index (κ1) is 15.9. The second-order valence-electron chi connectivity index (χ2n) is 5.10. The number of anilines is 1. The largest absolute Gasteiger partial charge is 0.302 e. The van der Waals surface area contributed by atoms with Gasteiger partial charge in [0.15, 0.2) is 15.0 Å². The van der Waals surface area contributed by atoms with Crippen LogP contribution in [0.15, 0.2) is 23.1 Å². The van der Waals surface area contributed by atoms with Gasteiger partial charge in [-0.3, -0.25) is 4.79 Å². The molecule has 1 aromatic carbocycles. The summed E-state index contributed by atoms with van der Waals surface area (Å²) in [6.07, 6.45) is 2.95. The zero-order valence-electron chi connectivity index (χ0n) is 12.2. The molecule has 1 unspecified atom stereocenters. The second kappa shape index (κ2) is 6.11. The first-order valence-corrected chi connectivity index (χ1v) is 9.43. The normalized spacial score (nSPS) is 13.3. The summed E-state index contributed by atoms with van der Waals surface area (Å²) in [5, 5.41) is 3.30. The number of hydrogen-bond donors (Lipinski definition) is 1. The van der Waals surface area contributed by atoms with Gasteiger partial charge in [-0.25, -0.2) is 13.4 Å². The van der Waals surface area contributed by atoms with Crippen LogP contribution in [0.2, 0.25) is 0 Å². The summed E-state index contributed by atoms with van der Waals surface area (Å²) >= 11 is 1.28. The van der Waals surface area contributed by atoms with Crippen LogP contribution in [0.25, 0.3) is 10.2 Å². The smallest absolute Gasteiger partial charge is 0.228 e. The molecule has 1 heterocycles. The highest BCUT2D eigenvalue weighted by atomic mass is 32.2. The Morgan fingerprint density at radius 2 is 2.14 bits per heavy atom. The predicted molar refractivity (Wildman–Crippen MR) is 85.4 cm³/mol.